The van der Waals surface area contributed by atoms with E-state index in [1.165, 1.54) is 31.3 Å². The molecule has 0 saturated carbocycles. The predicted molar refractivity (Wildman–Crippen MR) is 125 cm³/mol. The molecule has 34 heavy (non-hydrogen) atoms. The van der Waals surface area contributed by atoms with Gasteiger partial charge < -0.3 is 20.5 Å². The van der Waals surface area contributed by atoms with Crippen LogP contribution >= 0.6 is 11.6 Å². The molecular formula is C23H20ClFN6O3. The molecule has 4 aromatic rings. The van der Waals surface area contributed by atoms with Crippen LogP contribution in [0.15, 0.2) is 54.6 Å². The lowest BCUT2D eigenvalue weighted by Crippen LogP contribution is -2.36. The van der Waals surface area contributed by atoms with Gasteiger partial charge in [0.15, 0.2) is 5.69 Å². The first-order valence-electron chi connectivity index (χ1n) is 10.2. The zero-order chi connectivity index (χ0) is 24.2. The maximum atomic E-state index is 12.7. The van der Waals surface area contributed by atoms with E-state index in [9.17, 15) is 18.8 Å². The Bertz CT molecular complexity index is 1360. The van der Waals surface area contributed by atoms with Gasteiger partial charge in [0.25, 0.3) is 11.8 Å². The van der Waals surface area contributed by atoms with E-state index in [1.807, 2.05) is 18.2 Å². The van der Waals surface area contributed by atoms with E-state index >= 15 is 0 Å². The first-order chi connectivity index (χ1) is 16.4. The Morgan fingerprint density at radius 3 is 2.56 bits per heavy atom. The van der Waals surface area contributed by atoms with Crippen LogP contribution in [0.3, 0.4) is 0 Å². The van der Waals surface area contributed by atoms with E-state index in [0.717, 1.165) is 5.52 Å². The molecule has 0 atom stereocenters. The highest BCUT2D eigenvalue weighted by molar-refractivity contribution is 6.30. The topological polar surface area (TPSA) is 121 Å². The number of nitrogens with zero attached hydrogens (tertiary/aromatic N) is 2. The minimum Gasteiger partial charge on any atom is -0.354 e. The van der Waals surface area contributed by atoms with Crippen molar-refractivity contribution in [2.24, 2.45) is 0 Å². The Kier molecular flexibility index (Phi) is 6.60. The van der Waals surface area contributed by atoms with Gasteiger partial charge in [-0.05, 0) is 36.4 Å². The molecule has 0 fully saturated rings. The summed E-state index contributed by atoms with van der Waals surface area (Å²) in [5.41, 5.74) is 2.48. The monoisotopic (exact) mass is 482 g/mol. The molecule has 1 aliphatic rings. The van der Waals surface area contributed by atoms with E-state index in [2.05, 4.69) is 26.1 Å². The molecule has 3 heterocycles. The highest BCUT2D eigenvalue weighted by Gasteiger charge is 2.26. The minimum atomic E-state index is -0.392. The number of carbonyl (C=O) groups is 3. The molecule has 11 heteroatoms. The number of hydrogen-bond donors (Lipinski definition) is 4. The number of nitrogens with one attached hydrogen (secondary N) is 4. The summed E-state index contributed by atoms with van der Waals surface area (Å²) in [7, 11) is 1.51. The molecular weight excluding hydrogens is 463 g/mol. The van der Waals surface area contributed by atoms with Crippen LogP contribution in [-0.2, 0) is 17.9 Å². The zero-order valence-electron chi connectivity index (χ0n) is 18.0. The number of hydrogen-bond acceptors (Lipinski definition) is 4. The summed E-state index contributed by atoms with van der Waals surface area (Å²) in [6.07, 6.45) is 0. The van der Waals surface area contributed by atoms with Crippen LogP contribution in [0.2, 0.25) is 5.02 Å². The first kappa shape index (κ1) is 23.0. The van der Waals surface area contributed by atoms with E-state index in [0.29, 0.717) is 27.5 Å². The number of carbonyl (C=O) groups excluding carboxylic acids is 3. The Morgan fingerprint density at radius 1 is 1.12 bits per heavy atom. The Morgan fingerprint density at radius 2 is 1.85 bits per heavy atom. The van der Waals surface area contributed by atoms with Crippen LogP contribution < -0.4 is 16.0 Å². The maximum absolute atomic E-state index is 12.7. The highest BCUT2D eigenvalue weighted by Crippen LogP contribution is 2.25. The van der Waals surface area contributed by atoms with Crippen LogP contribution in [0.4, 0.5) is 10.1 Å². The lowest BCUT2D eigenvalue weighted by molar-refractivity contribution is -0.122. The molecule has 0 aliphatic carbocycles. The number of benzene rings is 2. The third kappa shape index (κ3) is 4.76. The van der Waals surface area contributed by atoms with Crippen molar-refractivity contribution in [3.8, 4) is 0 Å². The van der Waals surface area contributed by atoms with Gasteiger partial charge in [0.2, 0.25) is 5.91 Å². The van der Waals surface area contributed by atoms with Gasteiger partial charge in [-0.3, -0.25) is 19.5 Å². The molecule has 4 N–H and O–H groups in total. The first-order valence-corrected chi connectivity index (χ1v) is 10.6. The summed E-state index contributed by atoms with van der Waals surface area (Å²) in [5, 5.41) is 16.2. The van der Waals surface area contributed by atoms with Gasteiger partial charge in [-0.15, -0.1) is 0 Å². The number of anilines is 1. The molecule has 174 valence electrons. The molecule has 0 spiro atoms. The Hall–Kier alpha value is -4.18. The van der Waals surface area contributed by atoms with Crippen LogP contribution in [-0.4, -0.2) is 39.5 Å². The summed E-state index contributed by atoms with van der Waals surface area (Å²) in [5.74, 6) is -1.16. The van der Waals surface area contributed by atoms with Crippen molar-refractivity contribution in [2.45, 2.75) is 13.1 Å². The van der Waals surface area contributed by atoms with Gasteiger partial charge >= 0.3 is 0 Å². The predicted octanol–water partition coefficient (Wildman–Crippen LogP) is 3.09. The number of H-pyrrole nitrogens is 1. The molecule has 0 radical (unpaired) electrons. The lowest BCUT2D eigenvalue weighted by atomic mass is 10.2. The number of amides is 3. The number of halogens is 2. The second-order valence-corrected chi connectivity index (χ2v) is 7.78. The molecule has 0 unspecified atom stereocenters. The standard InChI is InChI=1S/C17H16N6O3.C6H4ClF/c1-18-16(25)12-6-11(13-7-19-14(24)8-23(12)13)20-17(26)15-9-4-2-3-5-10(9)21-22-15;7-5-1-3-6(8)4-2-5/h2-6H,7-8H2,1H3,(H,18,25)(H,19,24)(H,20,26)(H,21,22);1-4H. The van der Waals surface area contributed by atoms with E-state index < -0.39 is 5.91 Å². The summed E-state index contributed by atoms with van der Waals surface area (Å²) >= 11 is 5.44. The van der Waals surface area contributed by atoms with E-state index in [-0.39, 0.29) is 36.4 Å². The van der Waals surface area contributed by atoms with Gasteiger partial charge in [-0.1, -0.05) is 29.8 Å². The van der Waals surface area contributed by atoms with Gasteiger partial charge in [0.1, 0.15) is 18.1 Å². The highest BCUT2D eigenvalue weighted by atomic mass is 35.5. The fraction of sp³-hybridized carbons (Fsp3) is 0.130. The number of fused-ring (bicyclic) bond motifs is 2. The fourth-order valence-corrected chi connectivity index (χ4v) is 3.64. The largest absolute Gasteiger partial charge is 0.354 e. The summed E-state index contributed by atoms with van der Waals surface area (Å²) in [6, 6.07) is 14.6. The van der Waals surface area contributed by atoms with Crippen molar-refractivity contribution in [2.75, 3.05) is 12.4 Å². The normalized spacial score (nSPS) is 12.3. The quantitative estimate of drug-likeness (QED) is 0.358. The minimum absolute atomic E-state index is 0.0271. The fourth-order valence-electron chi connectivity index (χ4n) is 3.51. The molecule has 5 rings (SSSR count). The van der Waals surface area contributed by atoms with Crippen molar-refractivity contribution in [3.05, 3.63) is 82.5 Å². The number of rotatable bonds is 3. The van der Waals surface area contributed by atoms with Crippen molar-refractivity contribution < 1.29 is 18.8 Å². The smallest absolute Gasteiger partial charge is 0.276 e. The maximum Gasteiger partial charge on any atom is 0.276 e. The average molecular weight is 483 g/mol. The van der Waals surface area contributed by atoms with Crippen molar-refractivity contribution in [1.29, 1.82) is 0 Å². The molecule has 0 saturated heterocycles. The third-order valence-corrected chi connectivity index (χ3v) is 5.41. The van der Waals surface area contributed by atoms with Crippen molar-refractivity contribution in [1.82, 2.24) is 25.4 Å². The zero-order valence-corrected chi connectivity index (χ0v) is 18.7. The molecule has 2 aromatic carbocycles. The third-order valence-electron chi connectivity index (χ3n) is 5.16. The lowest BCUT2D eigenvalue weighted by Gasteiger charge is -2.19. The molecule has 3 amide bonds. The SMILES string of the molecule is CNC(=O)c1cc(NC(=O)c2n[nH]c3ccccc23)c2n1CC(=O)NC2.Fc1ccc(Cl)cc1. The van der Waals surface area contributed by atoms with Crippen LogP contribution in [0.1, 0.15) is 26.7 Å². The Labute approximate surface area is 198 Å². The molecule has 2 aromatic heterocycles. The van der Waals surface area contributed by atoms with Crippen LogP contribution in [0.25, 0.3) is 10.9 Å². The van der Waals surface area contributed by atoms with E-state index in [1.54, 1.807) is 16.7 Å². The van der Waals surface area contributed by atoms with Gasteiger partial charge in [-0.2, -0.15) is 5.10 Å². The average Bonchev–Trinajstić information content (AvgIpc) is 3.42. The second kappa shape index (κ2) is 9.75. The van der Waals surface area contributed by atoms with E-state index in [4.69, 9.17) is 11.6 Å². The van der Waals surface area contributed by atoms with Crippen molar-refractivity contribution in [3.63, 3.8) is 0 Å². The molecule has 0 bridgehead atoms. The molecule has 9 nitrogen and oxygen atoms in total. The van der Waals surface area contributed by atoms with Gasteiger partial charge in [0, 0.05) is 17.5 Å². The summed E-state index contributed by atoms with van der Waals surface area (Å²) in [4.78, 5) is 36.5. The van der Waals surface area contributed by atoms with Crippen LogP contribution in [0.5, 0.6) is 0 Å². The van der Waals surface area contributed by atoms with Gasteiger partial charge in [-0.25, -0.2) is 4.39 Å². The Balaban J connectivity index is 0.000000291. The number of aromatic amines is 1. The number of aromatic nitrogens is 3. The second-order valence-electron chi connectivity index (χ2n) is 7.34. The summed E-state index contributed by atoms with van der Waals surface area (Å²) < 4.78 is 13.6. The number of para-hydroxylation sites is 1. The molecule has 1 aliphatic heterocycles. The van der Waals surface area contributed by atoms with Crippen LogP contribution in [0, 0.1) is 5.82 Å². The van der Waals surface area contributed by atoms with Gasteiger partial charge in [0.05, 0.1) is 23.4 Å². The van der Waals surface area contributed by atoms with Crippen molar-refractivity contribution >= 4 is 45.9 Å². The summed E-state index contributed by atoms with van der Waals surface area (Å²) in [6.45, 7) is 0.256.